The van der Waals surface area contributed by atoms with Crippen LogP contribution in [0.1, 0.15) is 22.0 Å². The van der Waals surface area contributed by atoms with Crippen LogP contribution in [0.2, 0.25) is 0 Å². The number of carbonyl (C=O) groups excluding carboxylic acids is 1. The van der Waals surface area contributed by atoms with Crippen molar-refractivity contribution in [3.63, 3.8) is 0 Å². The maximum Gasteiger partial charge on any atom is 0.255 e. The highest BCUT2D eigenvalue weighted by atomic mass is 16.5. The van der Waals surface area contributed by atoms with Gasteiger partial charge in [0, 0.05) is 31.6 Å². The van der Waals surface area contributed by atoms with Crippen LogP contribution in [0.3, 0.4) is 0 Å². The number of aromatic nitrogens is 2. The van der Waals surface area contributed by atoms with Crippen molar-refractivity contribution in [2.24, 2.45) is 11.8 Å². The van der Waals surface area contributed by atoms with Crippen molar-refractivity contribution in [3.05, 3.63) is 53.9 Å². The Hall–Kier alpha value is -2.47. The molecule has 0 bridgehead atoms. The van der Waals surface area contributed by atoms with Crippen molar-refractivity contribution < 1.29 is 9.53 Å². The van der Waals surface area contributed by atoms with E-state index in [4.69, 9.17) is 4.74 Å². The molecule has 0 unspecified atom stereocenters. The molecule has 2 saturated heterocycles. The summed E-state index contributed by atoms with van der Waals surface area (Å²) in [6.45, 7) is 2.61. The fraction of sp³-hybridized carbons (Fsp3) is 0.421. The molecule has 130 valence electrons. The summed E-state index contributed by atoms with van der Waals surface area (Å²) in [7, 11) is 3.85. The van der Waals surface area contributed by atoms with E-state index in [1.165, 1.54) is 5.56 Å². The maximum atomic E-state index is 12.7. The Kier molecular flexibility index (Phi) is 4.13. The predicted molar refractivity (Wildman–Crippen MR) is 93.3 cm³/mol. The van der Waals surface area contributed by atoms with Crippen molar-refractivity contribution in [2.45, 2.75) is 6.04 Å². The Labute approximate surface area is 147 Å². The van der Waals surface area contributed by atoms with Crippen molar-refractivity contribution in [1.29, 1.82) is 0 Å². The maximum absolute atomic E-state index is 12.7. The van der Waals surface area contributed by atoms with Crippen LogP contribution in [0.4, 0.5) is 0 Å². The number of hydrogen-bond donors (Lipinski definition) is 0. The van der Waals surface area contributed by atoms with E-state index in [1.807, 2.05) is 17.0 Å². The summed E-state index contributed by atoms with van der Waals surface area (Å²) < 4.78 is 5.27. The molecule has 2 aromatic rings. The molecule has 0 N–H and O–H groups in total. The summed E-state index contributed by atoms with van der Waals surface area (Å²) in [5.74, 6) is 1.89. The minimum Gasteiger partial charge on any atom is -0.497 e. The predicted octanol–water partition coefficient (Wildman–Crippen LogP) is 1.86. The molecule has 6 heteroatoms. The Bertz CT molecular complexity index is 750. The summed E-state index contributed by atoms with van der Waals surface area (Å²) in [4.78, 5) is 17.1. The Morgan fingerprint density at radius 3 is 2.60 bits per heavy atom. The topological polar surface area (TPSA) is 58.6 Å². The Morgan fingerprint density at radius 1 is 1.12 bits per heavy atom. The minimum absolute atomic E-state index is 0.0560. The molecule has 4 rings (SSSR count). The second kappa shape index (κ2) is 6.44. The summed E-state index contributed by atoms with van der Waals surface area (Å²) >= 11 is 0. The van der Waals surface area contributed by atoms with Crippen molar-refractivity contribution in [2.75, 3.05) is 33.8 Å². The quantitative estimate of drug-likeness (QED) is 0.855. The first-order valence-electron chi connectivity index (χ1n) is 8.57. The second-order valence-electron chi connectivity index (χ2n) is 6.92. The van der Waals surface area contributed by atoms with Gasteiger partial charge in [0.15, 0.2) is 0 Å². The third kappa shape index (κ3) is 2.87. The van der Waals surface area contributed by atoms with Gasteiger partial charge < -0.3 is 9.64 Å². The van der Waals surface area contributed by atoms with E-state index in [2.05, 4.69) is 34.3 Å². The summed E-state index contributed by atoms with van der Waals surface area (Å²) in [6, 6.07) is 10.4. The van der Waals surface area contributed by atoms with Gasteiger partial charge >= 0.3 is 0 Å². The monoisotopic (exact) mass is 338 g/mol. The number of rotatable bonds is 3. The molecular formula is C19H22N4O2. The lowest BCUT2D eigenvalue weighted by Crippen LogP contribution is -2.33. The summed E-state index contributed by atoms with van der Waals surface area (Å²) in [5, 5.41) is 7.57. The largest absolute Gasteiger partial charge is 0.497 e. The molecule has 25 heavy (non-hydrogen) atoms. The molecule has 1 aromatic heterocycles. The van der Waals surface area contributed by atoms with Gasteiger partial charge in [-0.15, -0.1) is 0 Å². The van der Waals surface area contributed by atoms with Crippen molar-refractivity contribution in [3.8, 4) is 5.75 Å². The van der Waals surface area contributed by atoms with Crippen LogP contribution in [0.15, 0.2) is 42.7 Å². The van der Waals surface area contributed by atoms with Crippen LogP contribution < -0.4 is 4.74 Å². The summed E-state index contributed by atoms with van der Waals surface area (Å²) in [6.07, 6.45) is 3.11. The first-order chi connectivity index (χ1) is 12.2. The number of ether oxygens (including phenoxy) is 1. The number of methoxy groups -OCH3 is 1. The van der Waals surface area contributed by atoms with Gasteiger partial charge in [0.25, 0.3) is 5.91 Å². The SMILES string of the molecule is COc1ccc([C@H]2[C@@H]3CN(C(=O)c4ccnnc4)C[C@@H]3CN2C)cc1. The zero-order valence-electron chi connectivity index (χ0n) is 14.5. The number of benzene rings is 1. The number of fused-ring (bicyclic) bond motifs is 1. The number of hydrogen-bond acceptors (Lipinski definition) is 5. The smallest absolute Gasteiger partial charge is 0.255 e. The molecule has 1 amide bonds. The number of carbonyl (C=O) groups is 1. The molecule has 6 nitrogen and oxygen atoms in total. The molecule has 3 atom stereocenters. The number of amides is 1. The lowest BCUT2D eigenvalue weighted by molar-refractivity contribution is 0.0767. The van der Waals surface area contributed by atoms with E-state index in [0.29, 0.717) is 23.4 Å². The summed E-state index contributed by atoms with van der Waals surface area (Å²) in [5.41, 5.74) is 1.90. The van der Waals surface area contributed by atoms with Crippen molar-refractivity contribution in [1.82, 2.24) is 20.0 Å². The lowest BCUT2D eigenvalue weighted by Gasteiger charge is -2.27. The van der Waals surface area contributed by atoms with Crippen LogP contribution in [0.25, 0.3) is 0 Å². The van der Waals surface area contributed by atoms with E-state index >= 15 is 0 Å². The first-order valence-corrected chi connectivity index (χ1v) is 8.57. The van der Waals surface area contributed by atoms with Gasteiger partial charge in [-0.25, -0.2) is 0 Å². The van der Waals surface area contributed by atoms with E-state index in [1.54, 1.807) is 25.6 Å². The van der Waals surface area contributed by atoms with Gasteiger partial charge in [0.1, 0.15) is 5.75 Å². The molecule has 2 aliphatic rings. The molecule has 0 spiro atoms. The standard InChI is InChI=1S/C19H22N4O2/c1-22-10-15-11-23(19(24)14-7-8-20-21-9-14)12-17(15)18(22)13-3-5-16(25-2)6-4-13/h3-9,15,17-18H,10-12H2,1-2H3/t15-,17+,18-/m0/s1. The third-order valence-corrected chi connectivity index (χ3v) is 5.47. The number of likely N-dealkylation sites (tertiary alicyclic amines) is 2. The fourth-order valence-corrected chi connectivity index (χ4v) is 4.33. The van der Waals surface area contributed by atoms with Gasteiger partial charge in [0.05, 0.1) is 25.1 Å². The van der Waals surface area contributed by atoms with Crippen molar-refractivity contribution >= 4 is 5.91 Å². The lowest BCUT2D eigenvalue weighted by atomic mass is 9.89. The van der Waals surface area contributed by atoms with Crippen LogP contribution in [-0.2, 0) is 0 Å². The molecule has 0 radical (unpaired) electrons. The highest BCUT2D eigenvalue weighted by Crippen LogP contribution is 2.44. The average Bonchev–Trinajstić information content (AvgIpc) is 3.18. The van der Waals surface area contributed by atoms with E-state index in [0.717, 1.165) is 25.4 Å². The molecule has 3 heterocycles. The molecule has 2 aliphatic heterocycles. The van der Waals surface area contributed by atoms with Gasteiger partial charge in [0.2, 0.25) is 0 Å². The van der Waals surface area contributed by atoms with E-state index in [9.17, 15) is 4.79 Å². The Balaban J connectivity index is 1.53. The highest BCUT2D eigenvalue weighted by Gasteiger charge is 2.47. The van der Waals surface area contributed by atoms with Gasteiger partial charge in [-0.05, 0) is 36.7 Å². The molecule has 1 aromatic carbocycles. The molecule has 0 aliphatic carbocycles. The van der Waals surface area contributed by atoms with Gasteiger partial charge in [-0.2, -0.15) is 10.2 Å². The zero-order chi connectivity index (χ0) is 17.4. The van der Waals surface area contributed by atoms with E-state index in [-0.39, 0.29) is 5.91 Å². The number of nitrogens with zero attached hydrogens (tertiary/aromatic N) is 4. The third-order valence-electron chi connectivity index (χ3n) is 5.47. The second-order valence-corrected chi connectivity index (χ2v) is 6.92. The minimum atomic E-state index is 0.0560. The molecule has 0 saturated carbocycles. The molecular weight excluding hydrogens is 316 g/mol. The Morgan fingerprint density at radius 2 is 1.92 bits per heavy atom. The first kappa shape index (κ1) is 16.0. The average molecular weight is 338 g/mol. The van der Waals surface area contributed by atoms with Crippen LogP contribution in [0.5, 0.6) is 5.75 Å². The highest BCUT2D eigenvalue weighted by molar-refractivity contribution is 5.94. The normalized spacial score (nSPS) is 25.8. The van der Waals surface area contributed by atoms with Gasteiger partial charge in [-0.1, -0.05) is 12.1 Å². The van der Waals surface area contributed by atoms with Crippen LogP contribution in [0, 0.1) is 11.8 Å². The molecule has 2 fully saturated rings. The fourth-order valence-electron chi connectivity index (χ4n) is 4.33. The van der Waals surface area contributed by atoms with Crippen LogP contribution >= 0.6 is 0 Å². The zero-order valence-corrected chi connectivity index (χ0v) is 14.5. The van der Waals surface area contributed by atoms with E-state index < -0.39 is 0 Å². The van der Waals surface area contributed by atoms with Gasteiger partial charge in [-0.3, -0.25) is 9.69 Å². The van der Waals surface area contributed by atoms with Crippen LogP contribution in [-0.4, -0.2) is 59.7 Å².